The van der Waals surface area contributed by atoms with Crippen LogP contribution in [0.3, 0.4) is 0 Å². The summed E-state index contributed by atoms with van der Waals surface area (Å²) in [6.07, 6.45) is 0.604. The summed E-state index contributed by atoms with van der Waals surface area (Å²) in [7, 11) is 3.14. The molecule has 2 aromatic carbocycles. The Balaban J connectivity index is 1.69. The lowest BCUT2D eigenvalue weighted by molar-refractivity contribution is -0.387. The zero-order chi connectivity index (χ0) is 19.1. The number of hydrogen-bond donors (Lipinski definition) is 2. The molecule has 1 aliphatic rings. The molecule has 1 heterocycles. The first-order chi connectivity index (χ1) is 13.0. The Hall–Kier alpha value is -3.62. The van der Waals surface area contributed by atoms with Gasteiger partial charge in [-0.2, -0.15) is 9.49 Å². The lowest BCUT2D eigenvalue weighted by Crippen LogP contribution is -1.98. The molecule has 4 rings (SSSR count). The maximum absolute atomic E-state index is 13.5. The number of rotatable bonds is 5. The molecule has 1 aromatic heterocycles. The SMILES string of the molecule is COc1cc2c(cc1OC)-c1n[nH]c(Nc3ccc(F)c([N+](=O)[O-])c3)c1C2. The highest BCUT2D eigenvalue weighted by Crippen LogP contribution is 2.44. The summed E-state index contributed by atoms with van der Waals surface area (Å²) >= 11 is 0. The highest BCUT2D eigenvalue weighted by atomic mass is 19.1. The Morgan fingerprint density at radius 1 is 1.22 bits per heavy atom. The quantitative estimate of drug-likeness (QED) is 0.409. The average Bonchev–Trinajstić information content (AvgIpc) is 3.21. The van der Waals surface area contributed by atoms with Gasteiger partial charge >= 0.3 is 5.69 Å². The number of hydrogen-bond acceptors (Lipinski definition) is 6. The van der Waals surface area contributed by atoms with E-state index in [0.29, 0.717) is 29.4 Å². The van der Waals surface area contributed by atoms with Crippen LogP contribution in [-0.2, 0) is 6.42 Å². The standard InChI is InChI=1S/C18H15FN4O4/c1-26-15-6-9-5-12-17(11(9)8-16(15)27-2)21-22-18(12)20-10-3-4-13(19)14(7-10)23(24)25/h3-4,6-8H,5H2,1-2H3,(H2,20,21,22). The summed E-state index contributed by atoms with van der Waals surface area (Å²) in [4.78, 5) is 10.2. The fraction of sp³-hybridized carbons (Fsp3) is 0.167. The first-order valence-corrected chi connectivity index (χ1v) is 8.05. The summed E-state index contributed by atoms with van der Waals surface area (Å²) in [5.74, 6) is 0.955. The molecule has 0 amide bonds. The Labute approximate surface area is 153 Å². The van der Waals surface area contributed by atoms with Crippen LogP contribution in [0.25, 0.3) is 11.3 Å². The number of nitrogens with zero attached hydrogens (tertiary/aromatic N) is 2. The average molecular weight is 370 g/mol. The topological polar surface area (TPSA) is 102 Å². The predicted octanol–water partition coefficient (Wildman–Crippen LogP) is 3.79. The summed E-state index contributed by atoms with van der Waals surface area (Å²) in [5.41, 5.74) is 3.44. The number of methoxy groups -OCH3 is 2. The number of aromatic nitrogens is 2. The number of anilines is 2. The van der Waals surface area contributed by atoms with E-state index in [2.05, 4.69) is 15.5 Å². The maximum atomic E-state index is 13.5. The van der Waals surface area contributed by atoms with Crippen molar-refractivity contribution in [2.24, 2.45) is 0 Å². The van der Waals surface area contributed by atoms with Crippen molar-refractivity contribution in [2.45, 2.75) is 6.42 Å². The number of nitro benzene ring substituents is 1. The van der Waals surface area contributed by atoms with Crippen LogP contribution in [0.5, 0.6) is 11.5 Å². The van der Waals surface area contributed by atoms with Crippen LogP contribution in [0.1, 0.15) is 11.1 Å². The molecule has 138 valence electrons. The van der Waals surface area contributed by atoms with Crippen LogP contribution in [0.15, 0.2) is 30.3 Å². The number of ether oxygens (including phenoxy) is 2. The van der Waals surface area contributed by atoms with Gasteiger partial charge in [0.15, 0.2) is 11.5 Å². The molecule has 0 bridgehead atoms. The minimum atomic E-state index is -0.882. The van der Waals surface area contributed by atoms with Crippen LogP contribution in [0.4, 0.5) is 21.6 Å². The Morgan fingerprint density at radius 3 is 2.67 bits per heavy atom. The lowest BCUT2D eigenvalue weighted by Gasteiger charge is -2.10. The molecule has 0 fully saturated rings. The van der Waals surface area contributed by atoms with Gasteiger partial charge < -0.3 is 14.8 Å². The second kappa shape index (κ2) is 6.27. The zero-order valence-electron chi connectivity index (χ0n) is 14.5. The normalized spacial score (nSPS) is 11.7. The van der Waals surface area contributed by atoms with E-state index in [4.69, 9.17) is 9.47 Å². The number of H-pyrrole nitrogens is 1. The number of nitrogens with one attached hydrogen (secondary N) is 2. The van der Waals surface area contributed by atoms with Gasteiger partial charge in [-0.15, -0.1) is 0 Å². The Kier molecular flexibility index (Phi) is 3.91. The second-order valence-corrected chi connectivity index (χ2v) is 6.02. The summed E-state index contributed by atoms with van der Waals surface area (Å²) in [6.45, 7) is 0. The number of halogens is 1. The van der Waals surface area contributed by atoms with Crippen LogP contribution < -0.4 is 14.8 Å². The molecule has 0 aliphatic heterocycles. The maximum Gasteiger partial charge on any atom is 0.306 e. The molecule has 27 heavy (non-hydrogen) atoms. The molecular weight excluding hydrogens is 355 g/mol. The predicted molar refractivity (Wildman–Crippen MR) is 96.3 cm³/mol. The van der Waals surface area contributed by atoms with Crippen LogP contribution >= 0.6 is 0 Å². The third-order valence-corrected chi connectivity index (χ3v) is 4.51. The largest absolute Gasteiger partial charge is 0.493 e. The molecule has 0 saturated carbocycles. The first kappa shape index (κ1) is 16.8. The van der Waals surface area contributed by atoms with Crippen molar-refractivity contribution in [1.29, 1.82) is 0 Å². The van der Waals surface area contributed by atoms with E-state index in [1.807, 2.05) is 12.1 Å². The minimum absolute atomic E-state index is 0.390. The van der Waals surface area contributed by atoms with E-state index in [9.17, 15) is 14.5 Å². The fourth-order valence-corrected chi connectivity index (χ4v) is 3.22. The monoisotopic (exact) mass is 370 g/mol. The molecule has 3 aromatic rings. The molecule has 0 spiro atoms. The number of benzene rings is 2. The van der Waals surface area contributed by atoms with Gasteiger partial charge in [0.1, 0.15) is 5.82 Å². The summed E-state index contributed by atoms with van der Waals surface area (Å²) in [5, 5.41) is 21.2. The van der Waals surface area contributed by atoms with Gasteiger partial charge in [-0.3, -0.25) is 15.2 Å². The van der Waals surface area contributed by atoms with E-state index in [-0.39, 0.29) is 0 Å². The van der Waals surface area contributed by atoms with Gasteiger partial charge in [0.25, 0.3) is 0 Å². The van der Waals surface area contributed by atoms with E-state index in [1.54, 1.807) is 14.2 Å². The fourth-order valence-electron chi connectivity index (χ4n) is 3.22. The van der Waals surface area contributed by atoms with Crippen molar-refractivity contribution >= 4 is 17.2 Å². The van der Waals surface area contributed by atoms with Crippen molar-refractivity contribution < 1.29 is 18.8 Å². The van der Waals surface area contributed by atoms with Crippen molar-refractivity contribution in [2.75, 3.05) is 19.5 Å². The van der Waals surface area contributed by atoms with Gasteiger partial charge in [0.2, 0.25) is 5.82 Å². The molecule has 8 nitrogen and oxygen atoms in total. The van der Waals surface area contributed by atoms with E-state index >= 15 is 0 Å². The molecule has 1 aliphatic carbocycles. The number of nitro groups is 1. The van der Waals surface area contributed by atoms with Crippen molar-refractivity contribution in [3.63, 3.8) is 0 Å². The molecule has 0 atom stereocenters. The highest BCUT2D eigenvalue weighted by molar-refractivity contribution is 5.81. The Bertz CT molecular complexity index is 1060. The van der Waals surface area contributed by atoms with Crippen molar-refractivity contribution in [1.82, 2.24) is 10.2 Å². The molecule has 0 saturated heterocycles. The lowest BCUT2D eigenvalue weighted by atomic mass is 10.1. The van der Waals surface area contributed by atoms with Gasteiger partial charge in [-0.1, -0.05) is 0 Å². The molecule has 2 N–H and O–H groups in total. The molecule has 0 radical (unpaired) electrons. The smallest absolute Gasteiger partial charge is 0.306 e. The van der Waals surface area contributed by atoms with Gasteiger partial charge in [-0.25, -0.2) is 0 Å². The van der Waals surface area contributed by atoms with Crippen molar-refractivity contribution in [3.05, 3.63) is 57.4 Å². The summed E-state index contributed by atoms with van der Waals surface area (Å²) in [6, 6.07) is 7.41. The Morgan fingerprint density at radius 2 is 1.96 bits per heavy atom. The van der Waals surface area contributed by atoms with E-state index < -0.39 is 16.4 Å². The molecule has 0 unspecified atom stereocenters. The second-order valence-electron chi connectivity index (χ2n) is 6.02. The number of fused-ring (bicyclic) bond motifs is 3. The van der Waals surface area contributed by atoms with Gasteiger partial charge in [-0.05, 0) is 29.8 Å². The number of aromatic amines is 1. The van der Waals surface area contributed by atoms with E-state index in [1.165, 1.54) is 6.07 Å². The van der Waals surface area contributed by atoms with Crippen LogP contribution in [0, 0.1) is 15.9 Å². The van der Waals surface area contributed by atoms with Crippen molar-refractivity contribution in [3.8, 4) is 22.8 Å². The third kappa shape index (κ3) is 2.73. The molecule has 9 heteroatoms. The first-order valence-electron chi connectivity index (χ1n) is 8.05. The van der Waals surface area contributed by atoms with E-state index in [0.717, 1.165) is 34.5 Å². The van der Waals surface area contributed by atoms with Crippen LogP contribution in [-0.4, -0.2) is 29.3 Å². The minimum Gasteiger partial charge on any atom is -0.493 e. The highest BCUT2D eigenvalue weighted by Gasteiger charge is 2.27. The zero-order valence-corrected chi connectivity index (χ0v) is 14.5. The van der Waals surface area contributed by atoms with Crippen LogP contribution in [0.2, 0.25) is 0 Å². The van der Waals surface area contributed by atoms with Gasteiger partial charge in [0, 0.05) is 29.3 Å². The summed E-state index contributed by atoms with van der Waals surface area (Å²) < 4.78 is 24.2. The third-order valence-electron chi connectivity index (χ3n) is 4.51. The van der Waals surface area contributed by atoms with Gasteiger partial charge in [0.05, 0.1) is 24.8 Å². The molecular formula is C18H15FN4O4.